The van der Waals surface area contributed by atoms with Crippen LogP contribution in [0.15, 0.2) is 39.8 Å². The Bertz CT molecular complexity index is 988. The number of thiocarbonyl (C=S) groups is 1. The maximum Gasteiger partial charge on any atom is 0.263 e. The first-order valence-corrected chi connectivity index (χ1v) is 7.86. The first-order valence-electron chi connectivity index (χ1n) is 6.64. The van der Waals surface area contributed by atoms with Gasteiger partial charge in [0.05, 0.1) is 10.4 Å². The van der Waals surface area contributed by atoms with E-state index in [1.165, 1.54) is 11.8 Å². The highest BCUT2D eigenvalue weighted by Gasteiger charge is 2.22. The Labute approximate surface area is 135 Å². The lowest BCUT2D eigenvalue weighted by molar-refractivity contribution is -0.115. The van der Waals surface area contributed by atoms with Gasteiger partial charge in [-0.15, -0.1) is 0 Å². The van der Waals surface area contributed by atoms with Gasteiger partial charge in [-0.25, -0.2) is 0 Å². The van der Waals surface area contributed by atoms with Crippen LogP contribution in [0.2, 0.25) is 0 Å². The second-order valence-corrected chi connectivity index (χ2v) is 6.78. The summed E-state index contributed by atoms with van der Waals surface area (Å²) in [5.74, 6) is 0.432. The Morgan fingerprint density at radius 3 is 3.00 bits per heavy atom. The summed E-state index contributed by atoms with van der Waals surface area (Å²) in [6.07, 6.45) is 3.49. The van der Waals surface area contributed by atoms with Gasteiger partial charge < -0.3 is 9.73 Å². The Hall–Kier alpha value is -2.18. The fraction of sp³-hybridized carbons (Fsp3) is 0.0625. The summed E-state index contributed by atoms with van der Waals surface area (Å²) in [6, 6.07) is 7.94. The van der Waals surface area contributed by atoms with E-state index in [1.807, 2.05) is 31.2 Å². The van der Waals surface area contributed by atoms with Crippen molar-refractivity contribution in [3.05, 3.63) is 46.7 Å². The number of hydrogen-bond acceptors (Lipinski definition) is 5. The fourth-order valence-corrected chi connectivity index (χ4v) is 3.46. The molecule has 1 aliphatic heterocycles. The van der Waals surface area contributed by atoms with E-state index < -0.39 is 0 Å². The minimum Gasteiger partial charge on any atom is -0.456 e. The number of aryl methyl sites for hydroxylation is 1. The summed E-state index contributed by atoms with van der Waals surface area (Å²) in [5, 5.41) is 4.47. The van der Waals surface area contributed by atoms with Gasteiger partial charge in [0.1, 0.15) is 15.7 Å². The molecule has 0 unspecified atom stereocenters. The summed E-state index contributed by atoms with van der Waals surface area (Å²) in [4.78, 5) is 16.7. The molecule has 108 valence electrons. The number of hydrogen-bond donors (Lipinski definition) is 1. The third kappa shape index (κ3) is 2.20. The van der Waals surface area contributed by atoms with Crippen LogP contribution in [0, 0.1) is 6.92 Å². The van der Waals surface area contributed by atoms with Gasteiger partial charge in [-0.1, -0.05) is 30.0 Å². The third-order valence-corrected chi connectivity index (χ3v) is 4.60. The number of nitrogens with zero attached hydrogens (tertiary/aromatic N) is 1. The first kappa shape index (κ1) is 13.5. The Morgan fingerprint density at radius 1 is 1.36 bits per heavy atom. The molecule has 6 heteroatoms. The van der Waals surface area contributed by atoms with Crippen molar-refractivity contribution in [2.24, 2.45) is 0 Å². The Kier molecular flexibility index (Phi) is 3.02. The van der Waals surface area contributed by atoms with E-state index in [-0.39, 0.29) is 5.91 Å². The first-order chi connectivity index (χ1) is 10.6. The smallest absolute Gasteiger partial charge is 0.263 e. The molecule has 0 atom stereocenters. The van der Waals surface area contributed by atoms with E-state index in [0.29, 0.717) is 15.0 Å². The van der Waals surface area contributed by atoms with Gasteiger partial charge in [0.2, 0.25) is 0 Å². The quantitative estimate of drug-likeness (QED) is 0.545. The molecule has 1 saturated heterocycles. The lowest BCUT2D eigenvalue weighted by atomic mass is 10.1. The number of fused-ring (bicyclic) bond motifs is 3. The molecule has 1 aliphatic rings. The zero-order chi connectivity index (χ0) is 15.3. The Morgan fingerprint density at radius 2 is 2.23 bits per heavy atom. The molecule has 4 rings (SSSR count). The minimum absolute atomic E-state index is 0.186. The van der Waals surface area contributed by atoms with E-state index in [9.17, 15) is 4.79 Å². The number of amides is 1. The van der Waals surface area contributed by atoms with Crippen LogP contribution in [0.3, 0.4) is 0 Å². The van der Waals surface area contributed by atoms with Crippen molar-refractivity contribution in [2.45, 2.75) is 6.92 Å². The van der Waals surface area contributed by atoms with Gasteiger partial charge in [-0.2, -0.15) is 0 Å². The van der Waals surface area contributed by atoms with Crippen LogP contribution >= 0.6 is 24.0 Å². The summed E-state index contributed by atoms with van der Waals surface area (Å²) < 4.78 is 6.38. The largest absolute Gasteiger partial charge is 0.456 e. The molecule has 22 heavy (non-hydrogen) atoms. The van der Waals surface area contributed by atoms with Crippen molar-refractivity contribution >= 4 is 62.2 Å². The number of nitrogens with one attached hydrogen (secondary N) is 1. The normalized spacial score (nSPS) is 16.9. The molecular weight excluding hydrogens is 316 g/mol. The van der Waals surface area contributed by atoms with Gasteiger partial charge in [0.15, 0.2) is 0 Å². The maximum absolute atomic E-state index is 11.7. The molecule has 3 aromatic rings. The predicted octanol–water partition coefficient (Wildman–Crippen LogP) is 3.78. The average Bonchev–Trinajstić information content (AvgIpc) is 3.01. The van der Waals surface area contributed by atoms with Crippen LogP contribution in [0.1, 0.15) is 11.3 Å². The number of carbonyl (C=O) groups is 1. The number of thioether (sulfide) groups is 1. The van der Waals surface area contributed by atoms with Crippen LogP contribution in [0.4, 0.5) is 0 Å². The van der Waals surface area contributed by atoms with E-state index in [2.05, 4.69) is 10.3 Å². The highest BCUT2D eigenvalue weighted by Crippen LogP contribution is 2.31. The molecule has 1 amide bonds. The van der Waals surface area contributed by atoms with Crippen molar-refractivity contribution in [2.75, 3.05) is 0 Å². The van der Waals surface area contributed by atoms with Gasteiger partial charge in [0, 0.05) is 23.0 Å². The average molecular weight is 326 g/mol. The van der Waals surface area contributed by atoms with E-state index in [0.717, 1.165) is 27.4 Å². The molecule has 1 N–H and O–H groups in total. The van der Waals surface area contributed by atoms with Gasteiger partial charge >= 0.3 is 0 Å². The van der Waals surface area contributed by atoms with Crippen molar-refractivity contribution < 1.29 is 9.21 Å². The van der Waals surface area contributed by atoms with Crippen LogP contribution in [-0.2, 0) is 4.79 Å². The molecule has 0 spiro atoms. The highest BCUT2D eigenvalue weighted by molar-refractivity contribution is 8.26. The highest BCUT2D eigenvalue weighted by atomic mass is 32.2. The molecule has 0 saturated carbocycles. The number of rotatable bonds is 1. The molecule has 0 bridgehead atoms. The van der Waals surface area contributed by atoms with Gasteiger partial charge in [0.25, 0.3) is 5.91 Å². The molecule has 0 radical (unpaired) electrons. The summed E-state index contributed by atoms with van der Waals surface area (Å²) in [6.45, 7) is 2.03. The van der Waals surface area contributed by atoms with E-state index in [1.54, 1.807) is 12.3 Å². The van der Waals surface area contributed by atoms with Crippen LogP contribution in [0.25, 0.3) is 27.9 Å². The van der Waals surface area contributed by atoms with Gasteiger partial charge in [-0.05, 0) is 30.7 Å². The van der Waals surface area contributed by atoms with Crippen molar-refractivity contribution in [3.8, 4) is 0 Å². The number of pyridine rings is 1. The van der Waals surface area contributed by atoms with Crippen molar-refractivity contribution in [1.82, 2.24) is 10.3 Å². The summed E-state index contributed by atoms with van der Waals surface area (Å²) in [7, 11) is 0. The lowest BCUT2D eigenvalue weighted by Gasteiger charge is -1.98. The second-order valence-electron chi connectivity index (χ2n) is 5.06. The zero-order valence-corrected chi connectivity index (χ0v) is 13.2. The van der Waals surface area contributed by atoms with E-state index >= 15 is 0 Å². The van der Waals surface area contributed by atoms with Crippen molar-refractivity contribution in [1.29, 1.82) is 0 Å². The summed E-state index contributed by atoms with van der Waals surface area (Å²) in [5.41, 5.74) is 2.83. The topological polar surface area (TPSA) is 55.1 Å². The molecule has 2 aromatic heterocycles. The number of furan rings is 1. The monoisotopic (exact) mass is 326 g/mol. The zero-order valence-electron chi connectivity index (χ0n) is 11.5. The molecular formula is C16H10N2O2S2. The lowest BCUT2D eigenvalue weighted by Crippen LogP contribution is -2.17. The molecule has 3 heterocycles. The second kappa shape index (κ2) is 4.93. The molecule has 0 aliphatic carbocycles. The number of carbonyl (C=O) groups excluding carboxylic acids is 1. The summed E-state index contributed by atoms with van der Waals surface area (Å²) >= 11 is 6.22. The third-order valence-electron chi connectivity index (χ3n) is 3.44. The van der Waals surface area contributed by atoms with Crippen LogP contribution in [-0.4, -0.2) is 15.2 Å². The van der Waals surface area contributed by atoms with Gasteiger partial charge in [-0.3, -0.25) is 9.78 Å². The fourth-order valence-electron chi connectivity index (χ4n) is 2.43. The number of benzene rings is 1. The predicted molar refractivity (Wildman–Crippen MR) is 92.6 cm³/mol. The van der Waals surface area contributed by atoms with Crippen LogP contribution in [0.5, 0.6) is 0 Å². The number of aromatic nitrogens is 1. The standard InChI is InChI=1S/C16H10N2O2S2/c1-8-2-3-11-12(4-8)17-7-9-5-10(20-14(9)11)6-13-15(19)18-16(21)22-13/h2-7H,1H3,(H,18,19,21)/b13-6-. The molecule has 1 fully saturated rings. The Balaban J connectivity index is 1.87. The van der Waals surface area contributed by atoms with E-state index in [4.69, 9.17) is 16.6 Å². The molecule has 4 nitrogen and oxygen atoms in total. The van der Waals surface area contributed by atoms with Crippen LogP contribution < -0.4 is 5.32 Å². The minimum atomic E-state index is -0.186. The van der Waals surface area contributed by atoms with Crippen molar-refractivity contribution in [3.63, 3.8) is 0 Å². The SMILES string of the molecule is Cc1ccc2c(c1)ncc1cc(/C=C3\SC(=S)NC3=O)oc12. The molecule has 1 aromatic carbocycles. The maximum atomic E-state index is 11.7.